The van der Waals surface area contributed by atoms with E-state index in [1.807, 2.05) is 0 Å². The molecule has 1 aromatic carbocycles. The average molecular weight is 317 g/mol. The van der Waals surface area contributed by atoms with Crippen molar-refractivity contribution in [1.29, 1.82) is 0 Å². The Hall–Kier alpha value is -2.67. The molecule has 2 aromatic heterocycles. The smallest absolute Gasteiger partial charge is 0.268 e. The molecule has 0 atom stereocenters. The van der Waals surface area contributed by atoms with Crippen LogP contribution < -0.4 is 5.73 Å². The minimum Gasteiger partial charge on any atom is -0.364 e. The van der Waals surface area contributed by atoms with Gasteiger partial charge in [0, 0.05) is 18.0 Å². The van der Waals surface area contributed by atoms with Crippen molar-refractivity contribution < 1.29 is 13.6 Å². The Kier molecular flexibility index (Phi) is 3.64. The van der Waals surface area contributed by atoms with Gasteiger partial charge in [0.05, 0.1) is 10.4 Å². The van der Waals surface area contributed by atoms with Crippen LogP contribution in [0.1, 0.15) is 10.5 Å². The molecule has 0 unspecified atom stereocenters. The van der Waals surface area contributed by atoms with Crippen LogP contribution in [-0.4, -0.2) is 15.9 Å². The second-order valence-electron chi connectivity index (χ2n) is 4.40. The van der Waals surface area contributed by atoms with Crippen molar-refractivity contribution in [3.05, 3.63) is 60.1 Å². The zero-order valence-corrected chi connectivity index (χ0v) is 11.9. The fraction of sp³-hybridized carbons (Fsp3) is 0. The van der Waals surface area contributed by atoms with Crippen molar-refractivity contribution in [2.24, 2.45) is 5.73 Å². The summed E-state index contributed by atoms with van der Waals surface area (Å²) in [6.45, 7) is 0. The van der Waals surface area contributed by atoms with E-state index in [2.05, 4.69) is 9.97 Å². The lowest BCUT2D eigenvalue weighted by Gasteiger charge is -1.99. The van der Waals surface area contributed by atoms with Crippen molar-refractivity contribution in [3.63, 3.8) is 0 Å². The molecule has 7 heteroatoms. The van der Waals surface area contributed by atoms with Crippen LogP contribution >= 0.6 is 11.3 Å². The molecule has 0 bridgehead atoms. The molecule has 2 N–H and O–H groups in total. The Morgan fingerprint density at radius 3 is 2.45 bits per heavy atom. The normalized spacial score (nSPS) is 10.6. The standard InChI is InChI=1S/C15H9F2N3OS/c16-9-4-1-5-10(17)11(9)15-20-12(14(18)21)13(22-15)8-3-2-6-19-7-8/h1-7H,(H2,18,21). The summed E-state index contributed by atoms with van der Waals surface area (Å²) in [5, 5.41) is 0.0586. The highest BCUT2D eigenvalue weighted by molar-refractivity contribution is 7.18. The summed E-state index contributed by atoms with van der Waals surface area (Å²) in [6, 6.07) is 6.93. The summed E-state index contributed by atoms with van der Waals surface area (Å²) in [6.07, 6.45) is 3.10. The Morgan fingerprint density at radius 1 is 1.14 bits per heavy atom. The zero-order valence-electron chi connectivity index (χ0n) is 11.1. The number of nitrogens with two attached hydrogens (primary N) is 1. The quantitative estimate of drug-likeness (QED) is 0.806. The highest BCUT2D eigenvalue weighted by atomic mass is 32.1. The van der Waals surface area contributed by atoms with Gasteiger partial charge in [-0.2, -0.15) is 0 Å². The lowest BCUT2D eigenvalue weighted by Crippen LogP contribution is -2.12. The summed E-state index contributed by atoms with van der Waals surface area (Å²) in [4.78, 5) is 20.0. The van der Waals surface area contributed by atoms with E-state index < -0.39 is 17.5 Å². The molecule has 0 spiro atoms. The van der Waals surface area contributed by atoms with Gasteiger partial charge < -0.3 is 5.73 Å². The first kappa shape index (κ1) is 14.3. The molecular formula is C15H9F2N3OS. The number of aromatic nitrogens is 2. The van der Waals surface area contributed by atoms with Gasteiger partial charge in [-0.05, 0) is 18.2 Å². The van der Waals surface area contributed by atoms with E-state index >= 15 is 0 Å². The third kappa shape index (κ3) is 2.46. The first-order chi connectivity index (χ1) is 10.6. The molecule has 0 aliphatic rings. The number of benzene rings is 1. The van der Waals surface area contributed by atoms with E-state index in [0.717, 1.165) is 23.5 Å². The Morgan fingerprint density at radius 2 is 1.86 bits per heavy atom. The number of nitrogens with zero attached hydrogens (tertiary/aromatic N) is 2. The van der Waals surface area contributed by atoms with Crippen LogP contribution in [0.5, 0.6) is 0 Å². The largest absolute Gasteiger partial charge is 0.364 e. The lowest BCUT2D eigenvalue weighted by molar-refractivity contribution is 0.0997. The summed E-state index contributed by atoms with van der Waals surface area (Å²) >= 11 is 0.990. The Balaban J connectivity index is 2.22. The van der Waals surface area contributed by atoms with Crippen molar-refractivity contribution in [3.8, 4) is 21.0 Å². The third-order valence-electron chi connectivity index (χ3n) is 2.96. The number of rotatable bonds is 3. The Bertz CT molecular complexity index is 829. The van der Waals surface area contributed by atoms with Gasteiger partial charge in [0.25, 0.3) is 5.91 Å². The predicted molar refractivity (Wildman–Crippen MR) is 79.2 cm³/mol. The maximum absolute atomic E-state index is 13.9. The molecule has 0 saturated carbocycles. The van der Waals surface area contributed by atoms with Gasteiger partial charge in [0.15, 0.2) is 0 Å². The second kappa shape index (κ2) is 5.61. The summed E-state index contributed by atoms with van der Waals surface area (Å²) in [7, 11) is 0. The molecule has 3 aromatic rings. The van der Waals surface area contributed by atoms with E-state index in [1.165, 1.54) is 12.3 Å². The van der Waals surface area contributed by atoms with Crippen LogP contribution in [0.3, 0.4) is 0 Å². The molecular weight excluding hydrogens is 308 g/mol. The lowest BCUT2D eigenvalue weighted by atomic mass is 10.2. The molecule has 4 nitrogen and oxygen atoms in total. The minimum atomic E-state index is -0.766. The van der Waals surface area contributed by atoms with Gasteiger partial charge in [-0.15, -0.1) is 11.3 Å². The number of halogens is 2. The monoisotopic (exact) mass is 317 g/mol. The fourth-order valence-corrected chi connectivity index (χ4v) is 3.10. The highest BCUT2D eigenvalue weighted by Gasteiger charge is 2.22. The van der Waals surface area contributed by atoms with Gasteiger partial charge in [0.2, 0.25) is 0 Å². The van der Waals surface area contributed by atoms with Gasteiger partial charge in [-0.25, -0.2) is 13.8 Å². The van der Waals surface area contributed by atoms with Crippen LogP contribution in [0.15, 0.2) is 42.7 Å². The molecule has 22 heavy (non-hydrogen) atoms. The maximum Gasteiger partial charge on any atom is 0.268 e. The minimum absolute atomic E-state index is 0.0318. The van der Waals surface area contributed by atoms with Crippen molar-refractivity contribution >= 4 is 17.2 Å². The number of pyridine rings is 1. The topological polar surface area (TPSA) is 68.9 Å². The van der Waals surface area contributed by atoms with Gasteiger partial charge in [-0.1, -0.05) is 12.1 Å². The molecule has 0 fully saturated rings. The number of carbonyl (C=O) groups is 1. The third-order valence-corrected chi connectivity index (χ3v) is 4.08. The van der Waals surface area contributed by atoms with E-state index in [1.54, 1.807) is 18.3 Å². The van der Waals surface area contributed by atoms with E-state index in [-0.39, 0.29) is 16.3 Å². The van der Waals surface area contributed by atoms with Gasteiger partial charge in [0.1, 0.15) is 22.3 Å². The van der Waals surface area contributed by atoms with Crippen LogP contribution in [0.4, 0.5) is 8.78 Å². The summed E-state index contributed by atoms with van der Waals surface area (Å²) < 4.78 is 27.8. The first-order valence-electron chi connectivity index (χ1n) is 6.23. The number of primary amides is 1. The first-order valence-corrected chi connectivity index (χ1v) is 7.05. The predicted octanol–water partition coefficient (Wildman–Crippen LogP) is 3.25. The fourth-order valence-electron chi connectivity index (χ4n) is 1.99. The number of carbonyl (C=O) groups excluding carboxylic acids is 1. The molecule has 0 aliphatic heterocycles. The summed E-state index contributed by atoms with van der Waals surface area (Å²) in [5.74, 6) is -2.26. The van der Waals surface area contributed by atoms with Crippen LogP contribution in [0.25, 0.3) is 21.0 Å². The molecule has 110 valence electrons. The second-order valence-corrected chi connectivity index (χ2v) is 5.40. The van der Waals surface area contributed by atoms with Crippen LogP contribution in [0, 0.1) is 11.6 Å². The van der Waals surface area contributed by atoms with E-state index in [0.29, 0.717) is 10.4 Å². The average Bonchev–Trinajstić information content (AvgIpc) is 2.93. The number of amides is 1. The van der Waals surface area contributed by atoms with Crippen LogP contribution in [-0.2, 0) is 0 Å². The molecule has 3 rings (SSSR count). The van der Waals surface area contributed by atoms with Crippen molar-refractivity contribution in [2.75, 3.05) is 0 Å². The number of hydrogen-bond donors (Lipinski definition) is 1. The Labute approximate surface area is 128 Å². The highest BCUT2D eigenvalue weighted by Crippen LogP contribution is 2.37. The molecule has 0 saturated heterocycles. The van der Waals surface area contributed by atoms with Crippen molar-refractivity contribution in [2.45, 2.75) is 0 Å². The molecule has 1 amide bonds. The maximum atomic E-state index is 13.9. The molecule has 0 radical (unpaired) electrons. The van der Waals surface area contributed by atoms with E-state index in [9.17, 15) is 13.6 Å². The van der Waals surface area contributed by atoms with E-state index in [4.69, 9.17) is 5.73 Å². The summed E-state index contributed by atoms with van der Waals surface area (Å²) in [5.41, 5.74) is 5.62. The molecule has 2 heterocycles. The zero-order chi connectivity index (χ0) is 15.7. The number of hydrogen-bond acceptors (Lipinski definition) is 4. The van der Waals surface area contributed by atoms with Gasteiger partial charge >= 0.3 is 0 Å². The SMILES string of the molecule is NC(=O)c1nc(-c2c(F)cccc2F)sc1-c1cccnc1. The van der Waals surface area contributed by atoms with Crippen LogP contribution in [0.2, 0.25) is 0 Å². The number of thiazole rings is 1. The van der Waals surface area contributed by atoms with Crippen molar-refractivity contribution in [1.82, 2.24) is 9.97 Å². The van der Waals surface area contributed by atoms with Gasteiger partial charge in [-0.3, -0.25) is 9.78 Å². The molecule has 0 aliphatic carbocycles.